The number of rotatable bonds is 4. The summed E-state index contributed by atoms with van der Waals surface area (Å²) in [6.45, 7) is 5.03. The second-order valence-corrected chi connectivity index (χ2v) is 6.87. The molecule has 6 heteroatoms. The summed E-state index contributed by atoms with van der Waals surface area (Å²) in [6.07, 6.45) is 0. The van der Waals surface area contributed by atoms with E-state index in [0.29, 0.717) is 21.4 Å². The molecule has 2 aromatic carbocycles. The second-order valence-electron chi connectivity index (χ2n) is 6.03. The molecule has 0 aliphatic carbocycles. The molecule has 2 amide bonds. The Morgan fingerprint density at radius 3 is 2.25 bits per heavy atom. The molecule has 2 N–H and O–H groups in total. The van der Waals surface area contributed by atoms with Gasteiger partial charge in [-0.05, 0) is 56.7 Å². The Bertz CT molecular complexity index is 788. The van der Waals surface area contributed by atoms with Crippen molar-refractivity contribution >= 4 is 46.4 Å². The lowest BCUT2D eigenvalue weighted by molar-refractivity contribution is -0.135. The minimum Gasteiger partial charge on any atom is -0.325 e. The maximum atomic E-state index is 12.5. The van der Waals surface area contributed by atoms with E-state index in [4.69, 9.17) is 23.2 Å². The number of amides is 2. The number of carbonyl (C=O) groups is 2. The summed E-state index contributed by atoms with van der Waals surface area (Å²) in [6, 6.07) is 12.1. The Hall–Kier alpha value is -2.04. The van der Waals surface area contributed by atoms with Gasteiger partial charge in [0.15, 0.2) is 0 Å². The highest BCUT2D eigenvalue weighted by molar-refractivity contribution is 6.36. The Balaban J connectivity index is 2.12. The van der Waals surface area contributed by atoms with Crippen LogP contribution in [0.1, 0.15) is 19.4 Å². The molecule has 0 unspecified atom stereocenters. The van der Waals surface area contributed by atoms with E-state index in [1.54, 1.807) is 32.0 Å². The summed E-state index contributed by atoms with van der Waals surface area (Å²) in [5.74, 6) is -0.868. The smallest absolute Gasteiger partial charge is 0.239 e. The molecule has 0 bridgehead atoms. The predicted octanol–water partition coefficient (Wildman–Crippen LogP) is 4.91. The Labute approximate surface area is 151 Å². The van der Waals surface area contributed by atoms with Crippen LogP contribution < -0.4 is 10.6 Å². The zero-order valence-corrected chi connectivity index (χ0v) is 15.1. The molecule has 0 atom stereocenters. The molecule has 0 fully saturated rings. The molecule has 0 aromatic heterocycles. The molecule has 0 saturated carbocycles. The lowest BCUT2D eigenvalue weighted by Crippen LogP contribution is -2.41. The molecule has 0 heterocycles. The molecular weight excluding hydrogens is 347 g/mol. The van der Waals surface area contributed by atoms with Gasteiger partial charge in [0.25, 0.3) is 0 Å². The molecule has 0 aliphatic rings. The number of benzene rings is 2. The number of anilines is 2. The zero-order valence-electron chi connectivity index (χ0n) is 13.6. The van der Waals surface area contributed by atoms with Crippen LogP contribution in [0.3, 0.4) is 0 Å². The number of carbonyl (C=O) groups excluding carboxylic acids is 2. The fourth-order valence-corrected chi connectivity index (χ4v) is 2.44. The predicted molar refractivity (Wildman–Crippen MR) is 98.7 cm³/mol. The third kappa shape index (κ3) is 4.28. The molecule has 0 spiro atoms. The highest BCUT2D eigenvalue weighted by atomic mass is 35.5. The highest BCUT2D eigenvalue weighted by Gasteiger charge is 2.36. The van der Waals surface area contributed by atoms with Gasteiger partial charge in [-0.1, -0.05) is 35.3 Å². The maximum absolute atomic E-state index is 12.5. The molecule has 4 nitrogen and oxygen atoms in total. The van der Waals surface area contributed by atoms with Crippen LogP contribution in [-0.4, -0.2) is 11.8 Å². The van der Waals surface area contributed by atoms with Crippen LogP contribution in [0.25, 0.3) is 0 Å². The van der Waals surface area contributed by atoms with Crippen molar-refractivity contribution in [1.82, 2.24) is 0 Å². The quantitative estimate of drug-likeness (QED) is 0.757. The minimum atomic E-state index is -1.29. The van der Waals surface area contributed by atoms with E-state index >= 15 is 0 Å². The molecule has 24 heavy (non-hydrogen) atoms. The van der Waals surface area contributed by atoms with Crippen LogP contribution in [0.2, 0.25) is 10.0 Å². The van der Waals surface area contributed by atoms with E-state index < -0.39 is 17.2 Å². The van der Waals surface area contributed by atoms with E-state index in [-0.39, 0.29) is 0 Å². The lowest BCUT2D eigenvalue weighted by Gasteiger charge is -2.23. The van der Waals surface area contributed by atoms with E-state index in [0.717, 1.165) is 5.56 Å². The summed E-state index contributed by atoms with van der Waals surface area (Å²) in [5, 5.41) is 6.20. The van der Waals surface area contributed by atoms with Crippen molar-refractivity contribution in [2.75, 3.05) is 10.6 Å². The van der Waals surface area contributed by atoms with Gasteiger partial charge in [-0.25, -0.2) is 0 Å². The van der Waals surface area contributed by atoms with Crippen LogP contribution in [0, 0.1) is 12.3 Å². The molecule has 2 rings (SSSR count). The monoisotopic (exact) mass is 364 g/mol. The standard InChI is InChI=1S/C18H18Cl2N2O2/c1-11-5-4-6-13(9-11)21-16(23)18(2,3)17(24)22-15-8-7-12(19)10-14(15)20/h4-10H,1-3H3,(H,21,23)(H,22,24). The molecule has 0 aliphatic heterocycles. The number of hydrogen-bond donors (Lipinski definition) is 2. The number of aryl methyl sites for hydroxylation is 1. The second kappa shape index (κ2) is 7.24. The first-order chi connectivity index (χ1) is 11.2. The van der Waals surface area contributed by atoms with Crippen molar-refractivity contribution in [3.8, 4) is 0 Å². The van der Waals surface area contributed by atoms with Crippen molar-refractivity contribution in [2.24, 2.45) is 5.41 Å². The largest absolute Gasteiger partial charge is 0.325 e. The van der Waals surface area contributed by atoms with E-state index in [2.05, 4.69) is 10.6 Å². The van der Waals surface area contributed by atoms with Crippen LogP contribution in [0.15, 0.2) is 42.5 Å². The van der Waals surface area contributed by atoms with Gasteiger partial charge >= 0.3 is 0 Å². The number of nitrogens with one attached hydrogen (secondary N) is 2. The van der Waals surface area contributed by atoms with Crippen LogP contribution in [-0.2, 0) is 9.59 Å². The third-order valence-electron chi connectivity index (χ3n) is 3.59. The SMILES string of the molecule is Cc1cccc(NC(=O)C(C)(C)C(=O)Nc2ccc(Cl)cc2Cl)c1. The number of halogens is 2. The Kier molecular flexibility index (Phi) is 5.52. The summed E-state index contributed by atoms with van der Waals surface area (Å²) in [4.78, 5) is 25.0. The van der Waals surface area contributed by atoms with Crippen molar-refractivity contribution in [3.63, 3.8) is 0 Å². The molecule has 126 valence electrons. The Morgan fingerprint density at radius 1 is 0.958 bits per heavy atom. The first kappa shape index (κ1) is 18.3. The average Bonchev–Trinajstić information content (AvgIpc) is 2.49. The summed E-state index contributed by atoms with van der Waals surface area (Å²) in [5.41, 5.74) is 0.781. The summed E-state index contributed by atoms with van der Waals surface area (Å²) in [7, 11) is 0. The van der Waals surface area contributed by atoms with Crippen molar-refractivity contribution in [2.45, 2.75) is 20.8 Å². The van der Waals surface area contributed by atoms with Crippen molar-refractivity contribution < 1.29 is 9.59 Å². The Morgan fingerprint density at radius 2 is 1.62 bits per heavy atom. The summed E-state index contributed by atoms with van der Waals surface area (Å²) >= 11 is 11.9. The van der Waals surface area contributed by atoms with Gasteiger partial charge in [0, 0.05) is 10.7 Å². The van der Waals surface area contributed by atoms with Gasteiger partial charge in [0.05, 0.1) is 10.7 Å². The fraction of sp³-hybridized carbons (Fsp3) is 0.222. The van der Waals surface area contributed by atoms with Crippen LogP contribution in [0.4, 0.5) is 11.4 Å². The third-order valence-corrected chi connectivity index (χ3v) is 4.14. The molecule has 0 saturated heterocycles. The van der Waals surface area contributed by atoms with E-state index in [1.165, 1.54) is 6.07 Å². The minimum absolute atomic E-state index is 0.311. The topological polar surface area (TPSA) is 58.2 Å². The molecule has 0 radical (unpaired) electrons. The zero-order chi connectivity index (χ0) is 17.9. The molecular formula is C18H18Cl2N2O2. The van der Waals surface area contributed by atoms with Gasteiger partial charge in [-0.2, -0.15) is 0 Å². The van der Waals surface area contributed by atoms with Gasteiger partial charge in [0.2, 0.25) is 11.8 Å². The van der Waals surface area contributed by atoms with Gasteiger partial charge in [0.1, 0.15) is 5.41 Å². The number of hydrogen-bond acceptors (Lipinski definition) is 2. The van der Waals surface area contributed by atoms with Crippen molar-refractivity contribution in [1.29, 1.82) is 0 Å². The van der Waals surface area contributed by atoms with Gasteiger partial charge in [-0.15, -0.1) is 0 Å². The first-order valence-electron chi connectivity index (χ1n) is 7.35. The lowest BCUT2D eigenvalue weighted by atomic mass is 9.90. The van der Waals surface area contributed by atoms with Crippen molar-refractivity contribution in [3.05, 3.63) is 58.1 Å². The van der Waals surface area contributed by atoms with E-state index in [9.17, 15) is 9.59 Å². The normalized spacial score (nSPS) is 11.0. The van der Waals surface area contributed by atoms with Gasteiger partial charge in [-0.3, -0.25) is 9.59 Å². The fourth-order valence-electron chi connectivity index (χ4n) is 1.98. The molecule has 2 aromatic rings. The highest BCUT2D eigenvalue weighted by Crippen LogP contribution is 2.28. The summed E-state index contributed by atoms with van der Waals surface area (Å²) < 4.78 is 0. The van der Waals surface area contributed by atoms with Crippen LogP contribution in [0.5, 0.6) is 0 Å². The van der Waals surface area contributed by atoms with E-state index in [1.807, 2.05) is 25.1 Å². The average molecular weight is 365 g/mol. The van der Waals surface area contributed by atoms with Crippen LogP contribution >= 0.6 is 23.2 Å². The first-order valence-corrected chi connectivity index (χ1v) is 8.10. The maximum Gasteiger partial charge on any atom is 0.239 e. The van der Waals surface area contributed by atoms with Gasteiger partial charge < -0.3 is 10.6 Å².